The number of nitriles is 1. The first kappa shape index (κ1) is 10.9. The van der Waals surface area contributed by atoms with Crippen molar-refractivity contribution in [2.45, 2.75) is 5.32 Å². The summed E-state index contributed by atoms with van der Waals surface area (Å²) in [5.74, 6) is 0.0679. The Morgan fingerprint density at radius 2 is 1.94 bits per heavy atom. The summed E-state index contributed by atoms with van der Waals surface area (Å²) in [6.07, 6.45) is 0. The molecule has 2 aromatic carbocycles. The number of benzene rings is 2. The number of ketones is 1. The number of nitrogens with zero attached hydrogens (tertiary/aromatic N) is 1. The third-order valence-corrected chi connectivity index (χ3v) is 3.48. The van der Waals surface area contributed by atoms with Crippen LogP contribution < -0.4 is 0 Å². The fraction of sp³-hybridized carbons (Fsp3) is 0.0769. The molecule has 0 aliphatic rings. The number of Topliss-reactive ketones (excluding diaryl/α,β-unsaturated/α-hetero) is 1. The molecule has 0 aliphatic heterocycles. The van der Waals surface area contributed by atoms with Crippen LogP contribution in [-0.2, 0) is 0 Å². The molecule has 2 rings (SSSR count). The minimum absolute atomic E-state index is 0.0679. The molecular formula is C13H9NOSe. The van der Waals surface area contributed by atoms with E-state index in [1.165, 1.54) is 0 Å². The monoisotopic (exact) mass is 275 g/mol. The van der Waals surface area contributed by atoms with Gasteiger partial charge in [-0.05, 0) is 0 Å². The zero-order chi connectivity index (χ0) is 11.4. The van der Waals surface area contributed by atoms with E-state index < -0.39 is 0 Å². The van der Waals surface area contributed by atoms with Crippen LogP contribution in [0, 0.1) is 10.2 Å². The molecule has 0 aliphatic carbocycles. The van der Waals surface area contributed by atoms with Crippen LogP contribution in [0.15, 0.2) is 42.5 Å². The molecular weight excluding hydrogens is 265 g/mol. The second-order valence-corrected chi connectivity index (χ2v) is 4.92. The minimum atomic E-state index is -0.242. The number of carbonyl (C=O) groups is 1. The summed E-state index contributed by atoms with van der Waals surface area (Å²) in [6.45, 7) is 0. The molecule has 0 saturated carbocycles. The maximum atomic E-state index is 11.9. The van der Waals surface area contributed by atoms with Crippen molar-refractivity contribution in [3.05, 3.63) is 48.0 Å². The second-order valence-electron chi connectivity index (χ2n) is 3.33. The van der Waals surface area contributed by atoms with E-state index in [1.807, 2.05) is 42.5 Å². The Kier molecular flexibility index (Phi) is 3.36. The summed E-state index contributed by atoms with van der Waals surface area (Å²) in [4.78, 5) is 13.9. The molecule has 0 saturated heterocycles. The molecule has 78 valence electrons. The van der Waals surface area contributed by atoms with Gasteiger partial charge in [0.15, 0.2) is 0 Å². The number of carbonyl (C=O) groups excluding carboxylic acids is 1. The molecule has 0 spiro atoms. The first-order valence-electron chi connectivity index (χ1n) is 4.85. The van der Waals surface area contributed by atoms with E-state index in [4.69, 9.17) is 5.26 Å². The maximum absolute atomic E-state index is 11.9. The van der Waals surface area contributed by atoms with Crippen molar-refractivity contribution in [1.82, 2.24) is 0 Å². The summed E-state index contributed by atoms with van der Waals surface area (Å²) >= 11 is -0.242. The molecule has 16 heavy (non-hydrogen) atoms. The van der Waals surface area contributed by atoms with E-state index in [9.17, 15) is 4.79 Å². The fourth-order valence-electron chi connectivity index (χ4n) is 1.64. The van der Waals surface area contributed by atoms with Crippen LogP contribution in [0.1, 0.15) is 10.4 Å². The summed E-state index contributed by atoms with van der Waals surface area (Å²) < 4.78 is 0. The van der Waals surface area contributed by atoms with Crippen LogP contribution in [0.25, 0.3) is 10.8 Å². The van der Waals surface area contributed by atoms with Gasteiger partial charge in [0.05, 0.1) is 0 Å². The molecule has 3 heteroatoms. The standard InChI is InChI=1S/C13H9NOSe/c14-9-16-8-13(15)12-7-3-5-10-4-1-2-6-11(10)12/h1-7H,8H2. The zero-order valence-corrected chi connectivity index (χ0v) is 10.2. The van der Waals surface area contributed by atoms with Gasteiger partial charge in [-0.2, -0.15) is 0 Å². The molecule has 0 radical (unpaired) electrons. The van der Waals surface area contributed by atoms with Crippen LogP contribution in [0.4, 0.5) is 0 Å². The Labute approximate surface area is 100 Å². The van der Waals surface area contributed by atoms with Gasteiger partial charge in [-0.1, -0.05) is 0 Å². The van der Waals surface area contributed by atoms with Crippen LogP contribution in [0.5, 0.6) is 0 Å². The van der Waals surface area contributed by atoms with E-state index in [0.717, 1.165) is 16.3 Å². The summed E-state index contributed by atoms with van der Waals surface area (Å²) in [5.41, 5.74) is 0.732. The molecule has 0 atom stereocenters. The van der Waals surface area contributed by atoms with E-state index in [-0.39, 0.29) is 20.7 Å². The van der Waals surface area contributed by atoms with Crippen molar-refractivity contribution in [2.75, 3.05) is 0 Å². The summed E-state index contributed by atoms with van der Waals surface area (Å²) in [6, 6.07) is 13.5. The van der Waals surface area contributed by atoms with E-state index in [1.54, 1.807) is 0 Å². The molecule has 2 aromatic rings. The molecule has 0 amide bonds. The Hall–Kier alpha value is -1.62. The molecule has 0 N–H and O–H groups in total. The van der Waals surface area contributed by atoms with Crippen LogP contribution in [0.3, 0.4) is 0 Å². The Bertz CT molecular complexity index is 566. The third kappa shape index (κ3) is 2.14. The van der Waals surface area contributed by atoms with Gasteiger partial charge in [-0.25, -0.2) is 0 Å². The number of fused-ring (bicyclic) bond motifs is 1. The number of hydrogen-bond donors (Lipinski definition) is 0. The topological polar surface area (TPSA) is 40.9 Å². The van der Waals surface area contributed by atoms with E-state index in [2.05, 4.69) is 4.97 Å². The Balaban J connectivity index is 2.45. The van der Waals surface area contributed by atoms with Gasteiger partial charge in [0.25, 0.3) is 0 Å². The molecule has 0 aromatic heterocycles. The quantitative estimate of drug-likeness (QED) is 0.637. The summed E-state index contributed by atoms with van der Waals surface area (Å²) in [7, 11) is 0. The van der Waals surface area contributed by atoms with Gasteiger partial charge in [0, 0.05) is 0 Å². The van der Waals surface area contributed by atoms with Crippen molar-refractivity contribution >= 4 is 31.5 Å². The van der Waals surface area contributed by atoms with Gasteiger partial charge in [0.2, 0.25) is 0 Å². The van der Waals surface area contributed by atoms with Crippen molar-refractivity contribution in [3.8, 4) is 4.97 Å². The van der Waals surface area contributed by atoms with Crippen LogP contribution >= 0.6 is 0 Å². The first-order valence-corrected chi connectivity index (χ1v) is 6.91. The van der Waals surface area contributed by atoms with Gasteiger partial charge in [-0.3, -0.25) is 0 Å². The second kappa shape index (κ2) is 4.94. The average Bonchev–Trinajstić information content (AvgIpc) is 2.35. The van der Waals surface area contributed by atoms with Crippen molar-refractivity contribution < 1.29 is 4.79 Å². The van der Waals surface area contributed by atoms with E-state index >= 15 is 0 Å². The third-order valence-electron chi connectivity index (χ3n) is 2.36. The van der Waals surface area contributed by atoms with Crippen LogP contribution in [-0.4, -0.2) is 20.7 Å². The van der Waals surface area contributed by atoms with Gasteiger partial charge in [-0.15, -0.1) is 0 Å². The Morgan fingerprint density at radius 3 is 2.75 bits per heavy atom. The summed E-state index contributed by atoms with van der Waals surface area (Å²) in [5, 5.41) is 10.9. The SMILES string of the molecule is N#C[Se]CC(=O)c1cccc2ccccc12. The number of hydrogen-bond acceptors (Lipinski definition) is 2. The van der Waals surface area contributed by atoms with Gasteiger partial charge < -0.3 is 0 Å². The van der Waals surface area contributed by atoms with Crippen LogP contribution in [0.2, 0.25) is 5.32 Å². The predicted octanol–water partition coefficient (Wildman–Crippen LogP) is 2.63. The van der Waals surface area contributed by atoms with Gasteiger partial charge in [0.1, 0.15) is 0 Å². The Morgan fingerprint density at radius 1 is 1.19 bits per heavy atom. The molecule has 0 bridgehead atoms. The van der Waals surface area contributed by atoms with E-state index in [0.29, 0.717) is 5.32 Å². The predicted molar refractivity (Wildman–Crippen MR) is 64.5 cm³/mol. The normalized spacial score (nSPS) is 9.94. The molecule has 0 unspecified atom stereocenters. The van der Waals surface area contributed by atoms with Crippen molar-refractivity contribution in [1.29, 1.82) is 5.26 Å². The average molecular weight is 274 g/mol. The molecule has 0 fully saturated rings. The zero-order valence-electron chi connectivity index (χ0n) is 8.51. The molecule has 0 heterocycles. The van der Waals surface area contributed by atoms with Crippen molar-refractivity contribution in [3.63, 3.8) is 0 Å². The fourth-order valence-corrected chi connectivity index (χ4v) is 2.38. The molecule has 2 nitrogen and oxygen atoms in total. The first-order chi connectivity index (χ1) is 7.83. The van der Waals surface area contributed by atoms with Gasteiger partial charge >= 0.3 is 99.9 Å². The number of rotatable bonds is 3. The van der Waals surface area contributed by atoms with Crippen molar-refractivity contribution in [2.24, 2.45) is 0 Å².